The van der Waals surface area contributed by atoms with E-state index in [0.29, 0.717) is 31.7 Å². The lowest BCUT2D eigenvalue weighted by molar-refractivity contribution is -0.140. The Kier molecular flexibility index (Phi) is 6.45. The largest absolute Gasteiger partial charge is 0.348 e. The molecule has 1 aliphatic carbocycles. The number of rotatable bonds is 3. The van der Waals surface area contributed by atoms with Crippen molar-refractivity contribution in [2.75, 3.05) is 31.1 Å². The molecule has 0 N–H and O–H groups in total. The van der Waals surface area contributed by atoms with Crippen LogP contribution in [0.3, 0.4) is 0 Å². The van der Waals surface area contributed by atoms with Gasteiger partial charge in [0, 0.05) is 74.2 Å². The minimum atomic E-state index is -2.64. The molecule has 2 atom stereocenters. The number of hydrogen-bond acceptors (Lipinski definition) is 6. The van der Waals surface area contributed by atoms with E-state index < -0.39 is 5.92 Å². The quantitative estimate of drug-likeness (QED) is 0.634. The molecule has 7 nitrogen and oxygen atoms in total. The number of carbonyl (C=O) groups excluding carboxylic acids is 1. The van der Waals surface area contributed by atoms with Crippen LogP contribution < -0.4 is 4.90 Å². The molecule has 2 aromatic rings. The van der Waals surface area contributed by atoms with Gasteiger partial charge in [-0.2, -0.15) is 5.26 Å². The van der Waals surface area contributed by atoms with Crippen LogP contribution in [0.5, 0.6) is 0 Å². The summed E-state index contributed by atoms with van der Waals surface area (Å²) >= 11 is 0. The summed E-state index contributed by atoms with van der Waals surface area (Å²) in [7, 11) is 0. The van der Waals surface area contributed by atoms with Crippen LogP contribution in [0.2, 0.25) is 0 Å². The van der Waals surface area contributed by atoms with E-state index in [4.69, 9.17) is 5.26 Å². The summed E-state index contributed by atoms with van der Waals surface area (Å²) in [6, 6.07) is 9.50. The summed E-state index contributed by atoms with van der Waals surface area (Å²) < 4.78 is 27.1. The minimum Gasteiger partial charge on any atom is -0.348 e. The van der Waals surface area contributed by atoms with Gasteiger partial charge < -0.3 is 9.80 Å². The van der Waals surface area contributed by atoms with Crippen LogP contribution in [-0.4, -0.2) is 65.4 Å². The van der Waals surface area contributed by atoms with Gasteiger partial charge in [-0.15, -0.1) is 10.2 Å². The van der Waals surface area contributed by atoms with Gasteiger partial charge in [0.25, 0.3) is 0 Å². The molecule has 0 spiro atoms. The molecule has 1 saturated carbocycles. The zero-order valence-corrected chi connectivity index (χ0v) is 20.6. The molecule has 9 heteroatoms. The van der Waals surface area contributed by atoms with Crippen molar-refractivity contribution in [2.45, 2.75) is 57.4 Å². The molecule has 2 aliphatic heterocycles. The number of nitriles is 1. The first-order valence-electron chi connectivity index (χ1n) is 12.6. The van der Waals surface area contributed by atoms with Crippen molar-refractivity contribution in [3.8, 4) is 17.3 Å². The van der Waals surface area contributed by atoms with Crippen LogP contribution in [0.1, 0.15) is 62.1 Å². The highest BCUT2D eigenvalue weighted by Gasteiger charge is 2.40. The molecule has 2 unspecified atom stereocenters. The lowest BCUT2D eigenvalue weighted by atomic mass is 9.85. The number of anilines is 1. The Morgan fingerprint density at radius 1 is 1.11 bits per heavy atom. The summed E-state index contributed by atoms with van der Waals surface area (Å²) in [5.41, 5.74) is 4.34. The van der Waals surface area contributed by atoms with Crippen LogP contribution in [0.4, 0.5) is 14.6 Å². The van der Waals surface area contributed by atoms with Crippen LogP contribution in [0.15, 0.2) is 29.3 Å². The second-order valence-corrected chi connectivity index (χ2v) is 10.2. The van der Waals surface area contributed by atoms with E-state index in [1.807, 2.05) is 23.2 Å². The maximum absolute atomic E-state index is 13.6. The summed E-state index contributed by atoms with van der Waals surface area (Å²) in [6.07, 6.45) is 1.97. The molecule has 0 radical (unpaired) electrons. The monoisotopic (exact) mass is 492 g/mol. The zero-order valence-electron chi connectivity index (χ0n) is 20.6. The predicted molar refractivity (Wildman–Crippen MR) is 133 cm³/mol. The number of halogens is 2. The van der Waals surface area contributed by atoms with E-state index in [1.54, 1.807) is 12.1 Å². The number of amides is 1. The van der Waals surface area contributed by atoms with Crippen molar-refractivity contribution >= 4 is 17.9 Å². The highest BCUT2D eigenvalue weighted by molar-refractivity contribution is 5.92. The summed E-state index contributed by atoms with van der Waals surface area (Å²) in [4.78, 5) is 21.6. The molecular weight excluding hydrogens is 462 g/mol. The Morgan fingerprint density at radius 2 is 1.83 bits per heavy atom. The average Bonchev–Trinajstić information content (AvgIpc) is 2.88. The molecular formula is C27H30F2N6O. The molecule has 5 rings (SSSR count). The van der Waals surface area contributed by atoms with E-state index >= 15 is 0 Å². The van der Waals surface area contributed by atoms with Gasteiger partial charge in [0.05, 0.1) is 17.3 Å². The van der Waals surface area contributed by atoms with Gasteiger partial charge in [-0.3, -0.25) is 9.79 Å². The van der Waals surface area contributed by atoms with Crippen LogP contribution in [-0.2, 0) is 4.79 Å². The number of aromatic nitrogens is 2. The zero-order chi connectivity index (χ0) is 25.4. The van der Waals surface area contributed by atoms with Gasteiger partial charge in [0.1, 0.15) is 0 Å². The van der Waals surface area contributed by atoms with Crippen molar-refractivity contribution in [3.05, 3.63) is 41.0 Å². The topological polar surface area (TPSA) is 85.5 Å². The van der Waals surface area contributed by atoms with Crippen LogP contribution >= 0.6 is 0 Å². The van der Waals surface area contributed by atoms with Crippen molar-refractivity contribution in [1.29, 1.82) is 5.26 Å². The first-order valence-corrected chi connectivity index (χ1v) is 12.6. The highest BCUT2D eigenvalue weighted by atomic mass is 19.3. The normalized spacial score (nSPS) is 23.8. The molecule has 0 bridgehead atoms. The number of benzene rings is 1. The summed E-state index contributed by atoms with van der Waals surface area (Å²) in [5, 5.41) is 18.4. The van der Waals surface area contributed by atoms with Gasteiger partial charge in [0.2, 0.25) is 11.8 Å². The molecule has 1 aromatic heterocycles. The Hall–Kier alpha value is -3.41. The second-order valence-electron chi connectivity index (χ2n) is 10.2. The third-order valence-corrected chi connectivity index (χ3v) is 7.69. The summed E-state index contributed by atoms with van der Waals surface area (Å²) in [5.74, 6) is -2.03. The Balaban J connectivity index is 1.38. The standard InChI is InChI=1S/C27H30F2N6O/c1-17-14-31-15-22-23(17)24(20-5-3-19(13-30)4-6-20)32-33-25(22)35-12-11-34(16-18(35)2)26(36)21-7-9-27(28,29)10-8-21/h3-6,15,17-18,21H,7-12,14,16H2,1-2H3. The fourth-order valence-corrected chi connectivity index (χ4v) is 5.62. The average molecular weight is 493 g/mol. The van der Waals surface area contributed by atoms with E-state index in [1.165, 1.54) is 0 Å². The van der Waals surface area contributed by atoms with E-state index in [0.717, 1.165) is 28.2 Å². The van der Waals surface area contributed by atoms with Crippen molar-refractivity contribution in [3.63, 3.8) is 0 Å². The highest BCUT2D eigenvalue weighted by Crippen LogP contribution is 2.38. The minimum absolute atomic E-state index is 0.00229. The molecule has 1 saturated heterocycles. The maximum atomic E-state index is 13.6. The van der Waals surface area contributed by atoms with E-state index in [-0.39, 0.29) is 49.5 Å². The number of carbonyl (C=O) groups is 1. The van der Waals surface area contributed by atoms with Crippen molar-refractivity contribution in [2.24, 2.45) is 10.9 Å². The third-order valence-electron chi connectivity index (χ3n) is 7.69. The molecule has 3 heterocycles. The fraction of sp³-hybridized carbons (Fsp3) is 0.519. The number of nitrogens with zero attached hydrogens (tertiary/aromatic N) is 6. The smallest absolute Gasteiger partial charge is 0.248 e. The number of aliphatic imine (C=N–C) groups is 1. The molecule has 1 amide bonds. The molecule has 1 aromatic carbocycles. The second kappa shape index (κ2) is 9.57. The number of fused-ring (bicyclic) bond motifs is 1. The number of piperazine rings is 1. The first kappa shape index (κ1) is 24.3. The van der Waals surface area contributed by atoms with E-state index in [9.17, 15) is 13.6 Å². The number of hydrogen-bond donors (Lipinski definition) is 0. The molecule has 36 heavy (non-hydrogen) atoms. The van der Waals surface area contributed by atoms with Gasteiger partial charge in [-0.25, -0.2) is 8.78 Å². The maximum Gasteiger partial charge on any atom is 0.248 e. The Labute approximate surface area is 209 Å². The lowest BCUT2D eigenvalue weighted by Gasteiger charge is -2.43. The first-order chi connectivity index (χ1) is 17.3. The van der Waals surface area contributed by atoms with Crippen molar-refractivity contribution < 1.29 is 13.6 Å². The van der Waals surface area contributed by atoms with Crippen molar-refractivity contribution in [1.82, 2.24) is 15.1 Å². The van der Waals surface area contributed by atoms with Gasteiger partial charge in [-0.05, 0) is 37.5 Å². The third kappa shape index (κ3) is 4.57. The molecule has 3 aliphatic rings. The van der Waals surface area contributed by atoms with E-state index in [2.05, 4.69) is 40.0 Å². The Morgan fingerprint density at radius 3 is 2.50 bits per heavy atom. The lowest BCUT2D eigenvalue weighted by Crippen LogP contribution is -2.55. The van der Waals surface area contributed by atoms with Gasteiger partial charge >= 0.3 is 0 Å². The SMILES string of the molecule is CC1CN=Cc2c(N3CCN(C(=O)C4CCC(F)(F)CC4)CC3C)nnc(-c3ccc(C#N)cc3)c21. The molecule has 2 fully saturated rings. The van der Waals surface area contributed by atoms with Crippen LogP contribution in [0.25, 0.3) is 11.3 Å². The van der Waals surface area contributed by atoms with Crippen LogP contribution in [0, 0.1) is 17.2 Å². The Bertz CT molecular complexity index is 1210. The van der Waals surface area contributed by atoms with Gasteiger partial charge in [0.15, 0.2) is 5.82 Å². The fourth-order valence-electron chi connectivity index (χ4n) is 5.62. The predicted octanol–water partition coefficient (Wildman–Crippen LogP) is 4.41. The van der Waals surface area contributed by atoms with Gasteiger partial charge in [-0.1, -0.05) is 19.1 Å². The number of alkyl halides is 2. The summed E-state index contributed by atoms with van der Waals surface area (Å²) in [6.45, 7) is 6.49. The molecule has 188 valence electrons.